The highest BCUT2D eigenvalue weighted by Gasteiger charge is 2.37. The molecule has 2 aromatic heterocycles. The van der Waals surface area contributed by atoms with Crippen molar-refractivity contribution in [2.45, 2.75) is 31.1 Å². The molecular weight excluding hydrogens is 470 g/mol. The molecule has 2 heterocycles. The van der Waals surface area contributed by atoms with Crippen molar-refractivity contribution in [3.8, 4) is 0 Å². The number of aromatic nitrogens is 2. The fourth-order valence-corrected chi connectivity index (χ4v) is 3.95. The molecule has 4 rings (SSSR count). The van der Waals surface area contributed by atoms with Crippen LogP contribution in [0, 0.1) is 0 Å². The Morgan fingerprint density at radius 1 is 0.829 bits per heavy atom. The second-order valence-corrected chi connectivity index (χ2v) is 8.06. The van der Waals surface area contributed by atoms with Crippen molar-refractivity contribution in [3.05, 3.63) is 107 Å². The van der Waals surface area contributed by atoms with Gasteiger partial charge in [0, 0.05) is 36.5 Å². The highest BCUT2D eigenvalue weighted by atomic mass is 19.4. The Bertz CT molecular complexity index is 1350. The van der Waals surface area contributed by atoms with E-state index < -0.39 is 40.9 Å². The van der Waals surface area contributed by atoms with Crippen molar-refractivity contribution >= 4 is 16.7 Å². The second kappa shape index (κ2) is 9.48. The highest BCUT2D eigenvalue weighted by molar-refractivity contribution is 5.84. The molecule has 0 aliphatic carbocycles. The van der Waals surface area contributed by atoms with Gasteiger partial charge in [-0.15, -0.1) is 0 Å². The number of hydrogen-bond acceptors (Lipinski definition) is 3. The molecule has 0 saturated carbocycles. The zero-order valence-corrected chi connectivity index (χ0v) is 18.1. The van der Waals surface area contributed by atoms with Crippen LogP contribution in [-0.4, -0.2) is 15.8 Å². The number of carbonyl (C=O) groups is 1. The lowest BCUT2D eigenvalue weighted by molar-refractivity contribution is -0.139. The summed E-state index contributed by atoms with van der Waals surface area (Å²) in [4.78, 5) is 21.2. The van der Waals surface area contributed by atoms with Crippen LogP contribution in [-0.2, 0) is 23.6 Å². The number of ketones is 1. The van der Waals surface area contributed by atoms with Crippen LogP contribution >= 0.6 is 0 Å². The molecule has 0 saturated heterocycles. The Balaban J connectivity index is 1.68. The number of para-hydroxylation sites is 1. The largest absolute Gasteiger partial charge is 0.418 e. The second-order valence-electron chi connectivity index (χ2n) is 8.06. The van der Waals surface area contributed by atoms with E-state index in [0.717, 1.165) is 47.3 Å². The molecule has 2 aromatic carbocycles. The van der Waals surface area contributed by atoms with Gasteiger partial charge in [0.2, 0.25) is 0 Å². The third kappa shape index (κ3) is 5.67. The van der Waals surface area contributed by atoms with Crippen LogP contribution in [0.1, 0.15) is 40.3 Å². The van der Waals surface area contributed by atoms with Gasteiger partial charge in [-0.25, -0.2) is 0 Å². The fraction of sp³-hybridized carbons (Fsp3) is 0.192. The molecule has 180 valence electrons. The Kier molecular flexibility index (Phi) is 6.60. The predicted molar refractivity (Wildman–Crippen MR) is 118 cm³/mol. The van der Waals surface area contributed by atoms with E-state index in [1.807, 2.05) is 18.2 Å². The van der Waals surface area contributed by atoms with Gasteiger partial charge in [-0.1, -0.05) is 30.3 Å². The molecule has 0 aliphatic heterocycles. The number of pyridine rings is 2. The summed E-state index contributed by atoms with van der Waals surface area (Å²) in [5.41, 5.74) is -0.945. The number of halogens is 6. The van der Waals surface area contributed by atoms with Crippen molar-refractivity contribution in [1.82, 2.24) is 9.97 Å². The van der Waals surface area contributed by atoms with Crippen molar-refractivity contribution in [3.63, 3.8) is 0 Å². The van der Waals surface area contributed by atoms with Gasteiger partial charge in [0.15, 0.2) is 0 Å². The summed E-state index contributed by atoms with van der Waals surface area (Å²) in [6.45, 7) is 0. The van der Waals surface area contributed by atoms with Crippen molar-refractivity contribution < 1.29 is 31.1 Å². The first kappa shape index (κ1) is 24.4. The van der Waals surface area contributed by atoms with Crippen molar-refractivity contribution in [2.24, 2.45) is 0 Å². The summed E-state index contributed by atoms with van der Waals surface area (Å²) < 4.78 is 80.1. The van der Waals surface area contributed by atoms with E-state index >= 15 is 0 Å². The number of hydrogen-bond donors (Lipinski definition) is 0. The monoisotopic (exact) mass is 488 g/mol. The van der Waals surface area contributed by atoms with E-state index in [9.17, 15) is 31.1 Å². The van der Waals surface area contributed by atoms with Gasteiger partial charge in [-0.2, -0.15) is 26.3 Å². The molecule has 35 heavy (non-hydrogen) atoms. The standard InChI is InChI=1S/C26H18F6N2O/c27-25(28,29)19-9-7-17(8-10-19)21(24-22(26(30,31)32)5-3-11-33-24)14-20(35)13-16-12-18-4-1-2-6-23(18)34-15-16/h1-12,15,21H,13-14H2/t21-/m0/s1. The summed E-state index contributed by atoms with van der Waals surface area (Å²) in [6, 6.07) is 14.8. The average molecular weight is 488 g/mol. The molecule has 0 spiro atoms. The van der Waals surface area contributed by atoms with E-state index in [1.165, 1.54) is 12.4 Å². The predicted octanol–water partition coefficient (Wildman–Crippen LogP) is 7.00. The molecule has 0 fully saturated rings. The van der Waals surface area contributed by atoms with E-state index in [2.05, 4.69) is 9.97 Å². The molecule has 0 N–H and O–H groups in total. The minimum Gasteiger partial charge on any atom is -0.299 e. The van der Waals surface area contributed by atoms with Gasteiger partial charge in [-0.05, 0) is 47.5 Å². The molecule has 1 atom stereocenters. The molecular formula is C26H18F6N2O. The van der Waals surface area contributed by atoms with Gasteiger partial charge in [0.1, 0.15) is 5.78 Å². The molecule has 0 radical (unpaired) electrons. The third-order valence-corrected chi connectivity index (χ3v) is 5.59. The maximum atomic E-state index is 13.7. The summed E-state index contributed by atoms with van der Waals surface area (Å²) in [5.74, 6) is -1.58. The molecule has 0 unspecified atom stereocenters. The zero-order chi connectivity index (χ0) is 25.2. The molecule has 0 aliphatic rings. The number of nitrogens with zero attached hydrogens (tertiary/aromatic N) is 2. The number of benzene rings is 2. The van der Waals surface area contributed by atoms with E-state index in [1.54, 1.807) is 12.1 Å². The summed E-state index contributed by atoms with van der Waals surface area (Å²) in [6.07, 6.45) is -7.13. The number of Topliss-reactive ketones (excluding diaryl/α,β-unsaturated/α-hetero) is 1. The Hall–Kier alpha value is -3.75. The quantitative estimate of drug-likeness (QED) is 0.275. The Morgan fingerprint density at radius 3 is 2.23 bits per heavy atom. The van der Waals surface area contributed by atoms with Crippen LogP contribution in [0.2, 0.25) is 0 Å². The van der Waals surface area contributed by atoms with Crippen molar-refractivity contribution in [2.75, 3.05) is 0 Å². The minimum atomic E-state index is -4.75. The van der Waals surface area contributed by atoms with Gasteiger partial charge >= 0.3 is 12.4 Å². The number of fused-ring (bicyclic) bond motifs is 1. The molecule has 0 amide bonds. The van der Waals surface area contributed by atoms with Gasteiger partial charge < -0.3 is 0 Å². The minimum absolute atomic E-state index is 0.0941. The van der Waals surface area contributed by atoms with Gasteiger partial charge in [-0.3, -0.25) is 14.8 Å². The third-order valence-electron chi connectivity index (χ3n) is 5.59. The molecule has 3 nitrogen and oxygen atoms in total. The first-order valence-corrected chi connectivity index (χ1v) is 10.6. The van der Waals surface area contributed by atoms with Gasteiger partial charge in [0.25, 0.3) is 0 Å². The van der Waals surface area contributed by atoms with Crippen LogP contribution in [0.5, 0.6) is 0 Å². The lowest BCUT2D eigenvalue weighted by Crippen LogP contribution is -2.18. The highest BCUT2D eigenvalue weighted by Crippen LogP contribution is 2.39. The number of carbonyl (C=O) groups excluding carboxylic acids is 1. The maximum absolute atomic E-state index is 13.7. The average Bonchev–Trinajstić information content (AvgIpc) is 2.81. The molecule has 0 bridgehead atoms. The van der Waals surface area contributed by atoms with Gasteiger partial charge in [0.05, 0.1) is 22.3 Å². The van der Waals surface area contributed by atoms with Crippen LogP contribution in [0.3, 0.4) is 0 Å². The van der Waals surface area contributed by atoms with Crippen LogP contribution in [0.4, 0.5) is 26.3 Å². The molecule has 9 heteroatoms. The van der Waals surface area contributed by atoms with Crippen molar-refractivity contribution in [1.29, 1.82) is 0 Å². The Labute approximate surface area is 196 Å². The lowest BCUT2D eigenvalue weighted by atomic mass is 9.86. The SMILES string of the molecule is O=C(Cc1cnc2ccccc2c1)C[C@@H](c1ccc(C(F)(F)F)cc1)c1ncccc1C(F)(F)F. The normalized spacial score (nSPS) is 13.1. The summed E-state index contributed by atoms with van der Waals surface area (Å²) in [5, 5.41) is 0.807. The summed E-state index contributed by atoms with van der Waals surface area (Å²) in [7, 11) is 0. The van der Waals surface area contributed by atoms with E-state index in [-0.39, 0.29) is 18.4 Å². The van der Waals surface area contributed by atoms with E-state index in [4.69, 9.17) is 0 Å². The first-order valence-electron chi connectivity index (χ1n) is 10.6. The number of alkyl halides is 6. The smallest absolute Gasteiger partial charge is 0.299 e. The van der Waals surface area contributed by atoms with Crippen LogP contribution in [0.25, 0.3) is 10.9 Å². The summed E-state index contributed by atoms with van der Waals surface area (Å²) >= 11 is 0. The van der Waals surface area contributed by atoms with Crippen LogP contribution < -0.4 is 0 Å². The first-order chi connectivity index (χ1) is 16.5. The topological polar surface area (TPSA) is 42.9 Å². The van der Waals surface area contributed by atoms with Crippen LogP contribution in [0.15, 0.2) is 79.1 Å². The lowest BCUT2D eigenvalue weighted by Gasteiger charge is -2.21. The van der Waals surface area contributed by atoms with E-state index in [0.29, 0.717) is 5.56 Å². The maximum Gasteiger partial charge on any atom is 0.418 e. The Morgan fingerprint density at radius 2 is 1.54 bits per heavy atom. The fourth-order valence-electron chi connectivity index (χ4n) is 3.95. The number of rotatable bonds is 6. The zero-order valence-electron chi connectivity index (χ0n) is 18.1. The molecule has 4 aromatic rings.